The van der Waals surface area contributed by atoms with Crippen LogP contribution in [-0.4, -0.2) is 29.1 Å². The number of carbonyl (C=O) groups is 1. The normalized spacial score (nSPS) is 12.0. The maximum atomic E-state index is 12.4. The molecule has 2 heterocycles. The van der Waals surface area contributed by atoms with Crippen molar-refractivity contribution in [2.75, 3.05) is 18.6 Å². The largest absolute Gasteiger partial charge is 0.494 e. The first-order valence-electron chi connectivity index (χ1n) is 8.17. The molecule has 0 bridgehead atoms. The molecule has 26 heavy (non-hydrogen) atoms. The minimum atomic E-state index is -0.155. The second-order valence-electron chi connectivity index (χ2n) is 5.48. The molecule has 0 unspecified atom stereocenters. The number of amides is 1. The fourth-order valence-corrected chi connectivity index (χ4v) is 5.08. The summed E-state index contributed by atoms with van der Waals surface area (Å²) in [6.07, 6.45) is 2.35. The second kappa shape index (κ2) is 9.08. The van der Waals surface area contributed by atoms with E-state index in [1.165, 1.54) is 22.7 Å². The molecule has 4 nitrogen and oxygen atoms in total. The van der Waals surface area contributed by atoms with Crippen LogP contribution in [0.3, 0.4) is 0 Å². The Morgan fingerprint density at radius 1 is 1.31 bits per heavy atom. The van der Waals surface area contributed by atoms with Crippen LogP contribution >= 0.6 is 46.0 Å². The lowest BCUT2D eigenvalue weighted by molar-refractivity contribution is -0.117. The Balaban J connectivity index is 1.97. The van der Waals surface area contributed by atoms with Crippen molar-refractivity contribution in [1.82, 2.24) is 4.57 Å². The predicted molar refractivity (Wildman–Crippen MR) is 113 cm³/mol. The van der Waals surface area contributed by atoms with Crippen molar-refractivity contribution in [3.63, 3.8) is 0 Å². The van der Waals surface area contributed by atoms with Gasteiger partial charge in [0.05, 0.1) is 27.6 Å². The van der Waals surface area contributed by atoms with Gasteiger partial charge in [-0.15, -0.1) is 11.3 Å². The first-order chi connectivity index (χ1) is 12.6. The van der Waals surface area contributed by atoms with Gasteiger partial charge in [0.15, 0.2) is 4.80 Å². The van der Waals surface area contributed by atoms with Crippen LogP contribution in [0.4, 0.5) is 0 Å². The lowest BCUT2D eigenvalue weighted by atomic mass is 10.3. The maximum Gasteiger partial charge on any atom is 0.253 e. The number of fused-ring (bicyclic) bond motifs is 1. The molecule has 0 radical (unpaired) electrons. The summed E-state index contributed by atoms with van der Waals surface area (Å²) in [6, 6.07) is 9.71. The highest BCUT2D eigenvalue weighted by Gasteiger charge is 2.10. The van der Waals surface area contributed by atoms with Gasteiger partial charge in [-0.25, -0.2) is 0 Å². The standard InChI is InChI=1S/C18H19ClN2O2S3/c1-3-23-12-4-6-14-15(10-12)26-18(21(14)8-9-24-2)20-17(22)11-13-5-7-16(19)25-13/h4-7,10H,3,8-9,11H2,1-2H3. The quantitative estimate of drug-likeness (QED) is 0.542. The highest BCUT2D eigenvalue weighted by Crippen LogP contribution is 2.24. The predicted octanol–water partition coefficient (Wildman–Crippen LogP) is 4.85. The Labute approximate surface area is 169 Å². The highest BCUT2D eigenvalue weighted by molar-refractivity contribution is 7.98. The van der Waals surface area contributed by atoms with Crippen molar-refractivity contribution in [1.29, 1.82) is 0 Å². The van der Waals surface area contributed by atoms with Gasteiger partial charge in [0.25, 0.3) is 5.91 Å². The van der Waals surface area contributed by atoms with Crippen molar-refractivity contribution in [2.24, 2.45) is 4.99 Å². The van der Waals surface area contributed by atoms with E-state index in [1.54, 1.807) is 11.8 Å². The van der Waals surface area contributed by atoms with E-state index in [1.807, 2.05) is 37.3 Å². The number of ether oxygens (including phenoxy) is 1. The van der Waals surface area contributed by atoms with Crippen LogP contribution in [0.5, 0.6) is 5.75 Å². The van der Waals surface area contributed by atoms with Crippen molar-refractivity contribution < 1.29 is 9.53 Å². The minimum Gasteiger partial charge on any atom is -0.494 e. The number of hydrogen-bond acceptors (Lipinski definition) is 5. The Kier molecular flexibility index (Phi) is 6.80. The zero-order valence-electron chi connectivity index (χ0n) is 14.5. The number of thiophene rings is 1. The Morgan fingerprint density at radius 2 is 2.15 bits per heavy atom. The van der Waals surface area contributed by atoms with Crippen LogP contribution in [0.15, 0.2) is 35.3 Å². The molecule has 1 aromatic carbocycles. The zero-order chi connectivity index (χ0) is 18.5. The van der Waals surface area contributed by atoms with Gasteiger partial charge in [0.2, 0.25) is 0 Å². The molecule has 0 fully saturated rings. The van der Waals surface area contributed by atoms with E-state index >= 15 is 0 Å². The van der Waals surface area contributed by atoms with Crippen molar-refractivity contribution >= 4 is 62.2 Å². The van der Waals surface area contributed by atoms with E-state index < -0.39 is 0 Å². The lowest BCUT2D eigenvalue weighted by Gasteiger charge is -2.05. The third kappa shape index (κ3) is 4.71. The molecule has 0 saturated carbocycles. The minimum absolute atomic E-state index is 0.155. The molecule has 3 aromatic rings. The molecule has 0 N–H and O–H groups in total. The molecular weight excluding hydrogens is 408 g/mol. The molecule has 1 amide bonds. The third-order valence-electron chi connectivity index (χ3n) is 3.66. The van der Waals surface area contributed by atoms with E-state index in [9.17, 15) is 4.79 Å². The molecule has 138 valence electrons. The number of halogens is 1. The SMILES string of the molecule is CCOc1ccc2c(c1)sc(=NC(=O)Cc1ccc(Cl)s1)n2CCSC. The summed E-state index contributed by atoms with van der Waals surface area (Å²) in [5.41, 5.74) is 1.08. The van der Waals surface area contributed by atoms with Crippen LogP contribution in [0.2, 0.25) is 4.34 Å². The Hall–Kier alpha value is -1.28. The van der Waals surface area contributed by atoms with Crippen molar-refractivity contribution in [3.05, 3.63) is 44.3 Å². The van der Waals surface area contributed by atoms with Gasteiger partial charge in [-0.05, 0) is 43.5 Å². The van der Waals surface area contributed by atoms with Crippen LogP contribution in [0.25, 0.3) is 10.2 Å². The molecule has 0 aliphatic carbocycles. The molecule has 0 aliphatic rings. The van der Waals surface area contributed by atoms with Crippen molar-refractivity contribution in [3.8, 4) is 5.75 Å². The van der Waals surface area contributed by atoms with Crippen LogP contribution in [0, 0.1) is 0 Å². The second-order valence-corrected chi connectivity index (χ2v) is 9.27. The molecule has 0 spiro atoms. The molecule has 0 atom stereocenters. The van der Waals surface area contributed by atoms with Gasteiger partial charge < -0.3 is 9.30 Å². The molecule has 8 heteroatoms. The number of aryl methyl sites for hydroxylation is 1. The third-order valence-corrected chi connectivity index (χ3v) is 6.52. The van der Waals surface area contributed by atoms with Gasteiger partial charge >= 0.3 is 0 Å². The van der Waals surface area contributed by atoms with Crippen LogP contribution in [-0.2, 0) is 17.8 Å². The van der Waals surface area contributed by atoms with Gasteiger partial charge in [-0.1, -0.05) is 22.9 Å². The first kappa shape index (κ1) is 19.5. The summed E-state index contributed by atoms with van der Waals surface area (Å²) in [4.78, 5) is 18.5. The number of hydrogen-bond donors (Lipinski definition) is 0. The fraction of sp³-hybridized carbons (Fsp3) is 0.333. The molecule has 2 aromatic heterocycles. The molecule has 0 aliphatic heterocycles. The van der Waals surface area contributed by atoms with Crippen LogP contribution in [0.1, 0.15) is 11.8 Å². The van der Waals surface area contributed by atoms with E-state index in [2.05, 4.69) is 15.8 Å². The summed E-state index contributed by atoms with van der Waals surface area (Å²) >= 11 is 10.7. The Bertz CT molecular complexity index is 974. The molecular formula is C18H19ClN2O2S3. The van der Waals surface area contributed by atoms with E-state index in [4.69, 9.17) is 16.3 Å². The topological polar surface area (TPSA) is 43.6 Å². The smallest absolute Gasteiger partial charge is 0.253 e. The summed E-state index contributed by atoms with van der Waals surface area (Å²) in [6.45, 7) is 3.40. The Morgan fingerprint density at radius 3 is 2.85 bits per heavy atom. The number of thiazole rings is 1. The maximum absolute atomic E-state index is 12.4. The summed E-state index contributed by atoms with van der Waals surface area (Å²) in [5.74, 6) is 1.64. The number of thioether (sulfide) groups is 1. The number of carbonyl (C=O) groups excluding carboxylic acids is 1. The summed E-state index contributed by atoms with van der Waals surface area (Å²) in [7, 11) is 0. The van der Waals surface area contributed by atoms with Gasteiger partial charge in [0.1, 0.15) is 5.75 Å². The lowest BCUT2D eigenvalue weighted by Crippen LogP contribution is -2.18. The summed E-state index contributed by atoms with van der Waals surface area (Å²) < 4.78 is 9.47. The monoisotopic (exact) mass is 426 g/mol. The number of nitrogens with zero attached hydrogens (tertiary/aromatic N) is 2. The van der Waals surface area contributed by atoms with Crippen LogP contribution < -0.4 is 9.54 Å². The number of rotatable bonds is 7. The summed E-state index contributed by atoms with van der Waals surface area (Å²) in [5, 5.41) is 0. The number of benzene rings is 1. The fourth-order valence-electron chi connectivity index (χ4n) is 2.54. The van der Waals surface area contributed by atoms with E-state index in [0.29, 0.717) is 10.9 Å². The molecule has 0 saturated heterocycles. The van der Waals surface area contributed by atoms with Crippen molar-refractivity contribution in [2.45, 2.75) is 19.9 Å². The van der Waals surface area contributed by atoms with E-state index in [0.717, 1.165) is 37.9 Å². The molecule has 3 rings (SSSR count). The van der Waals surface area contributed by atoms with E-state index in [-0.39, 0.29) is 12.3 Å². The first-order valence-corrected chi connectivity index (χ1v) is 11.6. The zero-order valence-corrected chi connectivity index (χ0v) is 17.7. The number of aromatic nitrogens is 1. The average molecular weight is 427 g/mol. The average Bonchev–Trinajstić information content (AvgIpc) is 3.15. The van der Waals surface area contributed by atoms with Gasteiger partial charge in [-0.2, -0.15) is 16.8 Å². The van der Waals surface area contributed by atoms with Gasteiger partial charge in [0, 0.05) is 17.2 Å². The van der Waals surface area contributed by atoms with Gasteiger partial charge in [-0.3, -0.25) is 4.79 Å². The highest BCUT2D eigenvalue weighted by atomic mass is 35.5.